The number of aromatic nitrogens is 3. The van der Waals surface area contributed by atoms with E-state index in [2.05, 4.69) is 6.92 Å². The largest absolute Gasteiger partial charge is 0.509 e. The minimum absolute atomic E-state index is 0.0353. The molecule has 0 saturated heterocycles. The molecule has 59 heavy (non-hydrogen) atoms. The van der Waals surface area contributed by atoms with Gasteiger partial charge in [0.1, 0.15) is 46.1 Å². The minimum Gasteiger partial charge on any atom is -0.489 e. The Morgan fingerprint density at radius 1 is 0.678 bits per heavy atom. The van der Waals surface area contributed by atoms with Crippen LogP contribution >= 0.6 is 0 Å². The molecule has 0 N–H and O–H groups in total. The summed E-state index contributed by atoms with van der Waals surface area (Å²) in [7, 11) is 0. The van der Waals surface area contributed by atoms with E-state index in [1.807, 2.05) is 77.4 Å². The molecule has 0 aliphatic rings. The second-order valence-corrected chi connectivity index (χ2v) is 18.4. The molecule has 0 atom stereocenters. The molecule has 0 spiro atoms. The van der Waals surface area contributed by atoms with Gasteiger partial charge in [-0.25, -0.2) is 24.4 Å². The number of benzene rings is 3. The zero-order valence-electron chi connectivity index (χ0n) is 36.7. The number of ether oxygens (including phenoxy) is 5. The Balaban J connectivity index is 1.69. The van der Waals surface area contributed by atoms with E-state index in [9.17, 15) is 14.4 Å². The normalized spacial score (nSPS) is 12.3. The van der Waals surface area contributed by atoms with Gasteiger partial charge in [-0.2, -0.15) is 4.90 Å². The number of hydrogen-bond acceptors (Lipinski definition) is 10. The van der Waals surface area contributed by atoms with Crippen LogP contribution < -0.4 is 9.64 Å². The van der Waals surface area contributed by atoms with Gasteiger partial charge in [0, 0.05) is 11.8 Å². The summed E-state index contributed by atoms with van der Waals surface area (Å²) in [6, 6.07) is 23.9. The third-order valence-electron chi connectivity index (χ3n) is 8.76. The van der Waals surface area contributed by atoms with Crippen LogP contribution in [0.5, 0.6) is 5.75 Å². The van der Waals surface area contributed by atoms with Crippen LogP contribution in [0.25, 0.3) is 21.9 Å². The predicted octanol–water partition coefficient (Wildman–Crippen LogP) is 11.5. The SMILES string of the molecule is CCCCc1nc2c(N(C(=O)OC(C)(C)C)C(=O)OC(C)(C)C)nc3cc(Cc4cccc(OCc5ccccc5)c4)ccc3c2n1CC(C)(C)OC(=O)OC(C)(C)C. The van der Waals surface area contributed by atoms with Gasteiger partial charge in [0.05, 0.1) is 17.6 Å². The van der Waals surface area contributed by atoms with Crippen molar-refractivity contribution in [2.75, 3.05) is 4.90 Å². The van der Waals surface area contributed by atoms with Gasteiger partial charge in [0.15, 0.2) is 5.82 Å². The standard InChI is InChI=1S/C47H60N4O8/c1-13-14-23-37-49-38-39(50(37)30-47(11,12)59-43(54)58-46(8,9)10)35-25-24-33(26-32-21-18-22-34(27-32)55-29-31-19-16-15-17-20-31)28-36(35)48-40(38)51(41(52)56-44(2,3)4)42(53)57-45(5,6)7/h15-22,24-25,27-28H,13-14,23,26,29-30H2,1-12H3. The van der Waals surface area contributed by atoms with Crippen LogP contribution in [0.3, 0.4) is 0 Å². The van der Waals surface area contributed by atoms with Crippen molar-refractivity contribution in [1.29, 1.82) is 0 Å². The third kappa shape index (κ3) is 12.4. The topological polar surface area (TPSA) is 131 Å². The zero-order valence-corrected chi connectivity index (χ0v) is 36.7. The number of pyridine rings is 1. The van der Waals surface area contributed by atoms with Crippen LogP contribution in [0.4, 0.5) is 20.2 Å². The lowest BCUT2D eigenvalue weighted by atomic mass is 10.0. The molecule has 3 aromatic carbocycles. The van der Waals surface area contributed by atoms with E-state index in [0.717, 1.165) is 45.6 Å². The summed E-state index contributed by atoms with van der Waals surface area (Å²) in [5, 5.41) is 0.726. The molecule has 2 heterocycles. The molecule has 0 saturated carbocycles. The van der Waals surface area contributed by atoms with Crippen LogP contribution in [-0.2, 0) is 44.9 Å². The summed E-state index contributed by atoms with van der Waals surface area (Å²) in [5.74, 6) is 1.38. The summed E-state index contributed by atoms with van der Waals surface area (Å²) in [5.41, 5.74) is 0.715. The number of rotatable bonds is 12. The van der Waals surface area contributed by atoms with Crippen molar-refractivity contribution >= 4 is 46.1 Å². The molecule has 0 aliphatic carbocycles. The van der Waals surface area contributed by atoms with Crippen LogP contribution in [0.2, 0.25) is 0 Å². The predicted molar refractivity (Wildman–Crippen MR) is 230 cm³/mol. The highest BCUT2D eigenvalue weighted by Gasteiger charge is 2.37. The van der Waals surface area contributed by atoms with Gasteiger partial charge in [0.25, 0.3) is 0 Å². The van der Waals surface area contributed by atoms with E-state index in [0.29, 0.717) is 41.8 Å². The van der Waals surface area contributed by atoms with Gasteiger partial charge in [-0.1, -0.05) is 67.9 Å². The Labute approximate surface area is 348 Å². The number of amides is 2. The van der Waals surface area contributed by atoms with Crippen LogP contribution in [0.1, 0.15) is 118 Å². The number of aryl methyl sites for hydroxylation is 1. The Kier molecular flexibility index (Phi) is 13.3. The first-order chi connectivity index (χ1) is 27.5. The number of imidazole rings is 1. The number of hydrogen-bond donors (Lipinski definition) is 0. The van der Waals surface area contributed by atoms with E-state index in [1.54, 1.807) is 76.2 Å². The van der Waals surface area contributed by atoms with E-state index < -0.39 is 40.7 Å². The summed E-state index contributed by atoms with van der Waals surface area (Å²) < 4.78 is 31.2. The zero-order chi connectivity index (χ0) is 43.3. The summed E-state index contributed by atoms with van der Waals surface area (Å²) >= 11 is 0. The van der Waals surface area contributed by atoms with Gasteiger partial charge in [-0.05, 0) is 124 Å². The van der Waals surface area contributed by atoms with E-state index >= 15 is 0 Å². The summed E-state index contributed by atoms with van der Waals surface area (Å²) in [6.07, 6.45) is 0.0907. The van der Waals surface area contributed by atoms with E-state index in [1.165, 1.54) is 0 Å². The van der Waals surface area contributed by atoms with Gasteiger partial charge < -0.3 is 28.3 Å². The monoisotopic (exact) mass is 808 g/mol. The van der Waals surface area contributed by atoms with Crippen molar-refractivity contribution in [3.05, 3.63) is 95.3 Å². The first kappa shape index (κ1) is 44.5. The summed E-state index contributed by atoms with van der Waals surface area (Å²) in [4.78, 5) is 52.2. The van der Waals surface area contributed by atoms with Crippen LogP contribution in [-0.4, -0.2) is 55.3 Å². The molecule has 2 amide bonds. The third-order valence-corrected chi connectivity index (χ3v) is 8.76. The minimum atomic E-state index is -1.07. The van der Waals surface area contributed by atoms with Gasteiger partial charge >= 0.3 is 18.3 Å². The molecule has 12 nitrogen and oxygen atoms in total. The highest BCUT2D eigenvalue weighted by molar-refractivity contribution is 6.17. The molecule has 5 rings (SSSR count). The van der Waals surface area contributed by atoms with Crippen molar-refractivity contribution in [2.24, 2.45) is 0 Å². The van der Waals surface area contributed by atoms with Crippen LogP contribution in [0.15, 0.2) is 72.8 Å². The van der Waals surface area contributed by atoms with E-state index in [4.69, 9.17) is 33.7 Å². The van der Waals surface area contributed by atoms with Crippen molar-refractivity contribution in [3.63, 3.8) is 0 Å². The molecule has 0 aliphatic heterocycles. The Bertz CT molecular complexity index is 2250. The molecule has 0 radical (unpaired) electrons. The summed E-state index contributed by atoms with van der Waals surface area (Å²) in [6.45, 7) is 22.0. The number of carbonyl (C=O) groups excluding carboxylic acids is 3. The average molecular weight is 809 g/mol. The highest BCUT2D eigenvalue weighted by Crippen LogP contribution is 2.36. The molecule has 0 bridgehead atoms. The molecule has 316 valence electrons. The van der Waals surface area contributed by atoms with Crippen molar-refractivity contribution in [3.8, 4) is 5.75 Å². The first-order valence-corrected chi connectivity index (χ1v) is 20.3. The number of fused-ring (bicyclic) bond motifs is 3. The van der Waals surface area contributed by atoms with Crippen molar-refractivity contribution in [2.45, 2.75) is 144 Å². The van der Waals surface area contributed by atoms with Gasteiger partial charge in [0.2, 0.25) is 0 Å². The molecular weight excluding hydrogens is 749 g/mol. The Hall–Kier alpha value is -5.65. The maximum absolute atomic E-state index is 14.1. The quantitative estimate of drug-likeness (QED) is 0.0886. The maximum atomic E-state index is 14.1. The number of unbranched alkanes of at least 4 members (excludes halogenated alkanes) is 1. The van der Waals surface area contributed by atoms with Crippen molar-refractivity contribution < 1.29 is 38.1 Å². The molecule has 0 unspecified atom stereocenters. The first-order valence-electron chi connectivity index (χ1n) is 20.3. The molecular formula is C47H60N4O8. The second-order valence-electron chi connectivity index (χ2n) is 18.4. The number of imide groups is 1. The molecule has 0 fully saturated rings. The molecule has 12 heteroatoms. The number of nitrogens with zero attached hydrogens (tertiary/aromatic N) is 4. The molecule has 5 aromatic rings. The van der Waals surface area contributed by atoms with E-state index in [-0.39, 0.29) is 12.4 Å². The lowest BCUT2D eigenvalue weighted by molar-refractivity contribution is -0.0581. The maximum Gasteiger partial charge on any atom is 0.509 e. The fourth-order valence-electron chi connectivity index (χ4n) is 6.42. The smallest absolute Gasteiger partial charge is 0.489 e. The van der Waals surface area contributed by atoms with Crippen LogP contribution in [0, 0.1) is 0 Å². The van der Waals surface area contributed by atoms with Gasteiger partial charge in [-0.15, -0.1) is 0 Å². The van der Waals surface area contributed by atoms with Crippen molar-refractivity contribution in [1.82, 2.24) is 14.5 Å². The Morgan fingerprint density at radius 2 is 1.29 bits per heavy atom. The second kappa shape index (κ2) is 17.7. The lowest BCUT2D eigenvalue weighted by Crippen LogP contribution is -2.44. The Morgan fingerprint density at radius 3 is 1.90 bits per heavy atom. The number of anilines is 1. The average Bonchev–Trinajstić information content (AvgIpc) is 3.45. The van der Waals surface area contributed by atoms with Gasteiger partial charge in [-0.3, -0.25) is 0 Å². The fourth-order valence-corrected chi connectivity index (χ4v) is 6.42. The highest BCUT2D eigenvalue weighted by atomic mass is 16.7. The number of carbonyl (C=O) groups is 3. The lowest BCUT2D eigenvalue weighted by Gasteiger charge is -2.29. The molecule has 2 aromatic heterocycles. The fraction of sp³-hybridized carbons (Fsp3) is 0.468.